The number of nitrogens with zero attached hydrogens (tertiary/aromatic N) is 7. The summed E-state index contributed by atoms with van der Waals surface area (Å²) >= 11 is 0. The first-order valence-electron chi connectivity index (χ1n) is 14.9. The van der Waals surface area contributed by atoms with Gasteiger partial charge in [-0.3, -0.25) is 19.1 Å². The molecule has 5 heterocycles. The summed E-state index contributed by atoms with van der Waals surface area (Å²) in [4.78, 5) is 46.1. The van der Waals surface area contributed by atoms with E-state index < -0.39 is 24.7 Å². The third kappa shape index (κ3) is 5.20. The van der Waals surface area contributed by atoms with E-state index in [9.17, 15) is 27.6 Å². The van der Waals surface area contributed by atoms with Crippen LogP contribution in [0.3, 0.4) is 0 Å². The fraction of sp³-hybridized carbons (Fsp3) is 0.375. The lowest BCUT2D eigenvalue weighted by molar-refractivity contribution is -0.142. The number of likely N-dealkylation sites (tertiary alicyclic amines) is 1. The molecule has 2 amide bonds. The first kappa shape index (κ1) is 29.7. The number of hydrogen-bond donors (Lipinski definition) is 1. The van der Waals surface area contributed by atoms with Crippen molar-refractivity contribution in [2.45, 2.75) is 71.9 Å². The second-order valence-electron chi connectivity index (χ2n) is 12.7. The van der Waals surface area contributed by atoms with Crippen LogP contribution in [0, 0.1) is 19.3 Å². The molecule has 0 radical (unpaired) electrons. The number of benzene rings is 1. The largest absolute Gasteiger partial charge is 0.408 e. The molecule has 4 aromatic heterocycles. The van der Waals surface area contributed by atoms with Crippen LogP contribution in [0.25, 0.3) is 27.7 Å². The Bertz CT molecular complexity index is 2080. The zero-order chi connectivity index (χ0) is 32.7. The average Bonchev–Trinajstić information content (AvgIpc) is 3.40. The fourth-order valence-electron chi connectivity index (χ4n) is 6.89. The van der Waals surface area contributed by atoms with Crippen LogP contribution >= 0.6 is 0 Å². The molecule has 1 saturated carbocycles. The van der Waals surface area contributed by atoms with Gasteiger partial charge in [0.05, 0.1) is 5.52 Å². The Labute approximate surface area is 261 Å². The summed E-state index contributed by atoms with van der Waals surface area (Å²) in [7, 11) is 0. The van der Waals surface area contributed by atoms with Crippen LogP contribution in [0.1, 0.15) is 48.4 Å². The Balaban J connectivity index is 1.17. The molecule has 1 N–H and O–H groups in total. The zero-order valence-corrected chi connectivity index (χ0v) is 25.6. The second-order valence-corrected chi connectivity index (χ2v) is 12.7. The molecule has 3 atom stereocenters. The minimum atomic E-state index is -4.45. The molecule has 2 aliphatic rings. The number of anilines is 1. The average molecular weight is 633 g/mol. The van der Waals surface area contributed by atoms with Crippen molar-refractivity contribution >= 4 is 40.0 Å². The van der Waals surface area contributed by atoms with Crippen molar-refractivity contribution in [3.63, 3.8) is 0 Å². The van der Waals surface area contributed by atoms with E-state index >= 15 is 0 Å². The summed E-state index contributed by atoms with van der Waals surface area (Å²) in [6.07, 6.45) is 1.46. The summed E-state index contributed by atoms with van der Waals surface area (Å²) < 4.78 is 42.5. The number of amides is 2. The van der Waals surface area contributed by atoms with Gasteiger partial charge in [0.1, 0.15) is 25.0 Å². The Kier molecular flexibility index (Phi) is 6.62. The van der Waals surface area contributed by atoms with Crippen molar-refractivity contribution in [1.29, 1.82) is 0 Å². The molecule has 238 valence electrons. The molecule has 0 unspecified atom stereocenters. The van der Waals surface area contributed by atoms with Crippen molar-refractivity contribution in [3.05, 3.63) is 65.9 Å². The van der Waals surface area contributed by atoms with Crippen LogP contribution in [0.15, 0.2) is 48.9 Å². The predicted octanol–water partition coefficient (Wildman–Crippen LogP) is 4.95. The van der Waals surface area contributed by atoms with Gasteiger partial charge in [0.25, 0.3) is 0 Å². The van der Waals surface area contributed by atoms with E-state index in [0.717, 1.165) is 40.5 Å². The van der Waals surface area contributed by atoms with E-state index in [-0.39, 0.29) is 35.5 Å². The summed E-state index contributed by atoms with van der Waals surface area (Å²) in [5, 5.41) is 11.5. The van der Waals surface area contributed by atoms with Crippen molar-refractivity contribution in [1.82, 2.24) is 33.8 Å². The SMILES string of the molecule is CC(=O)c1cn(CC(=O)N2[C@H](C(=O)Nc3ccn(CC(F)(F)F)n3)C[C@@]3(C)C[C@@H]23)c2c(C)cc(-c3ccc4nc(C)nn4c3)cc12. The lowest BCUT2D eigenvalue weighted by Gasteiger charge is -2.27. The lowest BCUT2D eigenvalue weighted by Crippen LogP contribution is -2.46. The predicted molar refractivity (Wildman–Crippen MR) is 162 cm³/mol. The molecule has 1 saturated heterocycles. The number of nitrogens with one attached hydrogen (secondary N) is 1. The number of rotatable bonds is 7. The molecule has 46 heavy (non-hydrogen) atoms. The molecule has 0 bridgehead atoms. The molecular formula is C32H31F3N8O3. The third-order valence-electron chi connectivity index (χ3n) is 9.08. The van der Waals surface area contributed by atoms with E-state index in [1.807, 2.05) is 51.2 Å². The van der Waals surface area contributed by atoms with Crippen molar-refractivity contribution in [3.8, 4) is 11.1 Å². The Morgan fingerprint density at radius 2 is 1.83 bits per heavy atom. The van der Waals surface area contributed by atoms with Crippen molar-refractivity contribution in [2.24, 2.45) is 5.41 Å². The van der Waals surface area contributed by atoms with Crippen LogP contribution < -0.4 is 5.32 Å². The first-order valence-corrected chi connectivity index (χ1v) is 14.9. The highest BCUT2D eigenvalue weighted by Gasteiger charge is 2.64. The lowest BCUT2D eigenvalue weighted by atomic mass is 9.99. The highest BCUT2D eigenvalue weighted by Crippen LogP contribution is 2.59. The minimum Gasteiger partial charge on any atom is -0.337 e. The molecule has 5 aromatic rings. The quantitative estimate of drug-likeness (QED) is 0.254. The topological polar surface area (TPSA) is 119 Å². The normalized spacial score (nSPS) is 20.8. The van der Waals surface area contributed by atoms with E-state index in [2.05, 4.69) is 20.5 Å². The van der Waals surface area contributed by atoms with Crippen LogP contribution in [0.5, 0.6) is 0 Å². The second kappa shape index (κ2) is 10.3. The molecule has 1 aliphatic carbocycles. The number of aromatic nitrogens is 6. The number of pyridine rings is 1. The Morgan fingerprint density at radius 1 is 1.04 bits per heavy atom. The number of alkyl halides is 3. The molecule has 1 aromatic carbocycles. The van der Waals surface area contributed by atoms with E-state index in [1.54, 1.807) is 20.2 Å². The molecule has 14 heteroatoms. The number of hydrogen-bond acceptors (Lipinski definition) is 6. The van der Waals surface area contributed by atoms with Crippen LogP contribution in [0.4, 0.5) is 19.0 Å². The standard InChI is InChI=1S/C32H31F3N8O3/c1-17-9-21(20-5-6-27-36-19(3)38-42(27)13-20)10-22-23(18(2)44)14-40(29(17)22)15-28(45)43-24(11-31(4)12-25(31)43)30(46)37-26-7-8-41(39-26)16-32(33,34)35/h5-10,13-14,24-25H,11-12,15-16H2,1-4H3,(H,37,39,46)/t24-,25+,31-/m0/s1. The monoisotopic (exact) mass is 632 g/mol. The summed E-state index contributed by atoms with van der Waals surface area (Å²) in [6, 6.07) is 8.13. The molecular weight excluding hydrogens is 601 g/mol. The highest BCUT2D eigenvalue weighted by atomic mass is 19.4. The fourth-order valence-corrected chi connectivity index (χ4v) is 6.89. The van der Waals surface area contributed by atoms with Gasteiger partial charge in [0, 0.05) is 47.2 Å². The van der Waals surface area contributed by atoms with Crippen molar-refractivity contribution in [2.75, 3.05) is 5.32 Å². The number of halogens is 3. The third-order valence-corrected chi connectivity index (χ3v) is 9.08. The van der Waals surface area contributed by atoms with Gasteiger partial charge in [-0.2, -0.15) is 23.4 Å². The summed E-state index contributed by atoms with van der Waals surface area (Å²) in [5.41, 5.74) is 4.37. The Hall–Kier alpha value is -5.01. The van der Waals surface area contributed by atoms with Gasteiger partial charge in [-0.05, 0) is 74.4 Å². The number of carbonyl (C=O) groups excluding carboxylic acids is 3. The van der Waals surface area contributed by atoms with Crippen LogP contribution in [-0.4, -0.2) is 69.7 Å². The number of carbonyl (C=O) groups is 3. The minimum absolute atomic E-state index is 0.0144. The Morgan fingerprint density at radius 3 is 2.57 bits per heavy atom. The summed E-state index contributed by atoms with van der Waals surface area (Å²) in [5.74, 6) is -0.282. The maximum absolute atomic E-state index is 14.0. The zero-order valence-electron chi connectivity index (χ0n) is 25.6. The maximum Gasteiger partial charge on any atom is 0.408 e. The van der Waals surface area contributed by atoms with E-state index in [1.165, 1.54) is 13.0 Å². The van der Waals surface area contributed by atoms with E-state index in [0.29, 0.717) is 27.9 Å². The molecule has 2 fully saturated rings. The number of ketones is 1. The molecule has 1 aliphatic heterocycles. The van der Waals surface area contributed by atoms with E-state index in [4.69, 9.17) is 0 Å². The summed E-state index contributed by atoms with van der Waals surface area (Å²) in [6.45, 7) is 5.89. The number of piperidine rings is 1. The highest BCUT2D eigenvalue weighted by molar-refractivity contribution is 6.09. The number of Topliss-reactive ketones (excluding diaryl/α,β-unsaturated/α-hetero) is 1. The van der Waals surface area contributed by atoms with Gasteiger partial charge in [0.15, 0.2) is 17.2 Å². The van der Waals surface area contributed by atoms with Gasteiger partial charge in [-0.25, -0.2) is 9.50 Å². The number of aryl methyl sites for hydroxylation is 2. The molecule has 0 spiro atoms. The van der Waals surface area contributed by atoms with Crippen LogP contribution in [-0.2, 0) is 22.7 Å². The van der Waals surface area contributed by atoms with Gasteiger partial charge in [-0.15, -0.1) is 0 Å². The van der Waals surface area contributed by atoms with Gasteiger partial charge < -0.3 is 14.8 Å². The van der Waals surface area contributed by atoms with Crippen LogP contribution in [0.2, 0.25) is 0 Å². The molecule has 11 nitrogen and oxygen atoms in total. The maximum atomic E-state index is 14.0. The number of fused-ring (bicyclic) bond motifs is 3. The van der Waals surface area contributed by atoms with Gasteiger partial charge in [-0.1, -0.05) is 6.92 Å². The first-order chi connectivity index (χ1) is 21.7. The van der Waals surface area contributed by atoms with Gasteiger partial charge in [0.2, 0.25) is 11.8 Å². The van der Waals surface area contributed by atoms with Gasteiger partial charge >= 0.3 is 6.18 Å². The molecule has 7 rings (SSSR count). The van der Waals surface area contributed by atoms with Crippen molar-refractivity contribution < 1.29 is 27.6 Å². The smallest absolute Gasteiger partial charge is 0.337 e.